The topological polar surface area (TPSA) is 53.1 Å². The third-order valence-electron chi connectivity index (χ3n) is 5.89. The van der Waals surface area contributed by atoms with Gasteiger partial charge >= 0.3 is 5.97 Å². The molecule has 1 heterocycles. The van der Waals surface area contributed by atoms with Gasteiger partial charge in [0.1, 0.15) is 11.9 Å². The van der Waals surface area contributed by atoms with Crippen molar-refractivity contribution in [1.82, 2.24) is 9.80 Å². The highest BCUT2D eigenvalue weighted by Crippen LogP contribution is 2.36. The predicted molar refractivity (Wildman–Crippen MR) is 121 cm³/mol. The van der Waals surface area contributed by atoms with Gasteiger partial charge in [0.25, 0.3) is 0 Å². The average Bonchev–Trinajstić information content (AvgIpc) is 2.74. The molecule has 0 saturated carbocycles. The minimum Gasteiger partial charge on any atom is -0.457 e. The summed E-state index contributed by atoms with van der Waals surface area (Å²) in [4.78, 5) is 30.7. The summed E-state index contributed by atoms with van der Waals surface area (Å²) in [6.45, 7) is 10.7. The van der Waals surface area contributed by atoms with E-state index in [2.05, 4.69) is 0 Å². The fourth-order valence-corrected chi connectivity index (χ4v) is 3.81. The van der Waals surface area contributed by atoms with Crippen molar-refractivity contribution in [3.63, 3.8) is 0 Å². The maximum atomic E-state index is 15.0. The van der Waals surface area contributed by atoms with E-state index in [4.69, 9.17) is 4.74 Å². The first-order valence-electron chi connectivity index (χ1n) is 11.3. The van der Waals surface area contributed by atoms with E-state index in [0.717, 1.165) is 6.42 Å². The van der Waals surface area contributed by atoms with E-state index in [1.165, 1.54) is 6.07 Å². The molecule has 1 amide bonds. The van der Waals surface area contributed by atoms with E-state index in [-0.39, 0.29) is 36.0 Å². The molecule has 1 saturated heterocycles. The monoisotopic (exact) mass is 435 g/mol. The maximum absolute atomic E-state index is 15.0. The van der Waals surface area contributed by atoms with Crippen molar-refractivity contribution >= 4 is 17.6 Å². The maximum Gasteiger partial charge on any atom is 0.307 e. The number of benzene rings is 1. The van der Waals surface area contributed by atoms with Crippen LogP contribution in [-0.2, 0) is 14.3 Å². The Morgan fingerprint density at radius 1 is 1.13 bits per heavy atom. The second kappa shape index (κ2) is 11.5. The van der Waals surface area contributed by atoms with Crippen LogP contribution in [0.2, 0.25) is 0 Å². The smallest absolute Gasteiger partial charge is 0.307 e. The number of carbonyl (C=O) groups excluding carboxylic acids is 2. The predicted octanol–water partition coefficient (Wildman–Crippen LogP) is 3.71. The summed E-state index contributed by atoms with van der Waals surface area (Å²) in [5.74, 6) is -0.453. The van der Waals surface area contributed by atoms with E-state index >= 15 is 4.39 Å². The Balaban J connectivity index is 2.20. The van der Waals surface area contributed by atoms with Crippen LogP contribution < -0.4 is 4.90 Å². The van der Waals surface area contributed by atoms with E-state index in [1.807, 2.05) is 62.6 Å². The molecular weight excluding hydrogens is 397 g/mol. The van der Waals surface area contributed by atoms with Gasteiger partial charge in [0, 0.05) is 44.2 Å². The van der Waals surface area contributed by atoms with E-state index < -0.39 is 6.10 Å². The molecule has 2 rings (SSSR count). The standard InChI is InChI=1S/C24H38FN3O3/c1-7-18(4)24(30)28-15-13-27(14-16-28)22-19(9-8-10-20(22)25)23(17(2)3)31-21(29)11-12-26(5)6/h8-10,17-18,23H,7,11-16H2,1-6H3. The zero-order chi connectivity index (χ0) is 23.1. The number of hydrogen-bond donors (Lipinski definition) is 0. The quantitative estimate of drug-likeness (QED) is 0.554. The summed E-state index contributed by atoms with van der Waals surface area (Å²) in [6, 6.07) is 4.96. The average molecular weight is 436 g/mol. The summed E-state index contributed by atoms with van der Waals surface area (Å²) in [5.41, 5.74) is 1.17. The van der Waals surface area contributed by atoms with Crippen LogP contribution in [0.5, 0.6) is 0 Å². The Bertz CT molecular complexity index is 746. The Morgan fingerprint density at radius 3 is 2.32 bits per heavy atom. The van der Waals surface area contributed by atoms with Crippen molar-refractivity contribution in [2.75, 3.05) is 51.7 Å². The summed E-state index contributed by atoms with van der Waals surface area (Å²) in [7, 11) is 3.81. The largest absolute Gasteiger partial charge is 0.457 e. The lowest BCUT2D eigenvalue weighted by Gasteiger charge is -2.39. The summed E-state index contributed by atoms with van der Waals surface area (Å²) in [6.07, 6.45) is 0.573. The van der Waals surface area contributed by atoms with Crippen LogP contribution in [0, 0.1) is 17.7 Å². The zero-order valence-corrected chi connectivity index (χ0v) is 19.9. The molecule has 0 radical (unpaired) electrons. The van der Waals surface area contributed by atoms with Gasteiger partial charge in [-0.15, -0.1) is 0 Å². The number of amides is 1. The Kier molecular flexibility index (Phi) is 9.29. The second-order valence-electron chi connectivity index (χ2n) is 9.01. The lowest BCUT2D eigenvalue weighted by Crippen LogP contribution is -2.50. The summed E-state index contributed by atoms with van der Waals surface area (Å²) >= 11 is 0. The van der Waals surface area contributed by atoms with Gasteiger partial charge in [0.05, 0.1) is 12.1 Å². The van der Waals surface area contributed by atoms with Crippen molar-refractivity contribution < 1.29 is 18.7 Å². The fourth-order valence-electron chi connectivity index (χ4n) is 3.81. The number of anilines is 1. The Hall–Kier alpha value is -2.15. The highest BCUT2D eigenvalue weighted by Gasteiger charge is 2.30. The number of rotatable bonds is 9. The van der Waals surface area contributed by atoms with Crippen LogP contribution in [-0.4, -0.2) is 68.5 Å². The normalized spacial score (nSPS) is 16.5. The molecule has 2 atom stereocenters. The van der Waals surface area contributed by atoms with Crippen molar-refractivity contribution in [1.29, 1.82) is 0 Å². The highest BCUT2D eigenvalue weighted by molar-refractivity contribution is 5.78. The van der Waals surface area contributed by atoms with Gasteiger partial charge in [0.2, 0.25) is 5.91 Å². The molecule has 2 unspecified atom stereocenters. The molecule has 174 valence electrons. The number of para-hydroxylation sites is 1. The molecular formula is C24H38FN3O3. The molecule has 1 fully saturated rings. The van der Waals surface area contributed by atoms with Gasteiger partial charge in [-0.25, -0.2) is 4.39 Å². The number of hydrogen-bond acceptors (Lipinski definition) is 5. The minimum absolute atomic E-state index is 0.00229. The van der Waals surface area contributed by atoms with Crippen molar-refractivity contribution in [3.05, 3.63) is 29.6 Å². The van der Waals surface area contributed by atoms with Gasteiger partial charge in [0.15, 0.2) is 0 Å². The first-order valence-corrected chi connectivity index (χ1v) is 11.3. The summed E-state index contributed by atoms with van der Waals surface area (Å²) < 4.78 is 20.8. The van der Waals surface area contributed by atoms with Crippen LogP contribution in [0.4, 0.5) is 10.1 Å². The van der Waals surface area contributed by atoms with Crippen LogP contribution >= 0.6 is 0 Å². The van der Waals surface area contributed by atoms with Gasteiger partial charge in [-0.1, -0.05) is 39.8 Å². The fraction of sp³-hybridized carbons (Fsp3) is 0.667. The van der Waals surface area contributed by atoms with E-state index in [1.54, 1.807) is 6.07 Å². The third kappa shape index (κ3) is 6.66. The molecule has 0 spiro atoms. The Morgan fingerprint density at radius 2 is 1.77 bits per heavy atom. The molecule has 0 aliphatic carbocycles. The van der Waals surface area contributed by atoms with Crippen LogP contribution in [0.15, 0.2) is 18.2 Å². The first-order chi connectivity index (χ1) is 14.6. The van der Waals surface area contributed by atoms with Gasteiger partial charge in [-0.05, 0) is 32.5 Å². The molecule has 1 aromatic rings. The summed E-state index contributed by atoms with van der Waals surface area (Å²) in [5, 5.41) is 0. The molecule has 1 aromatic carbocycles. The molecule has 0 N–H and O–H groups in total. The lowest BCUT2D eigenvalue weighted by molar-refractivity contribution is -0.152. The molecule has 0 bridgehead atoms. The molecule has 1 aliphatic rings. The molecule has 31 heavy (non-hydrogen) atoms. The van der Waals surface area contributed by atoms with E-state index in [0.29, 0.717) is 44.0 Å². The van der Waals surface area contributed by atoms with Crippen molar-refractivity contribution in [2.24, 2.45) is 11.8 Å². The number of halogens is 1. The SMILES string of the molecule is CCC(C)C(=O)N1CCN(c2c(F)cccc2C(OC(=O)CCN(C)C)C(C)C)CC1. The number of piperazine rings is 1. The number of carbonyl (C=O) groups is 2. The lowest BCUT2D eigenvalue weighted by atomic mass is 9.96. The number of esters is 1. The van der Waals surface area contributed by atoms with Gasteiger partial charge < -0.3 is 19.4 Å². The van der Waals surface area contributed by atoms with Crippen LogP contribution in [0.25, 0.3) is 0 Å². The second-order valence-corrected chi connectivity index (χ2v) is 9.01. The minimum atomic E-state index is -0.528. The van der Waals surface area contributed by atoms with Crippen LogP contribution in [0.1, 0.15) is 52.2 Å². The highest BCUT2D eigenvalue weighted by atomic mass is 19.1. The number of nitrogens with zero attached hydrogens (tertiary/aromatic N) is 3. The third-order valence-corrected chi connectivity index (χ3v) is 5.89. The van der Waals surface area contributed by atoms with Gasteiger partial charge in [-0.3, -0.25) is 9.59 Å². The Labute approximate surface area is 186 Å². The molecule has 7 heteroatoms. The molecule has 6 nitrogen and oxygen atoms in total. The van der Waals surface area contributed by atoms with Crippen molar-refractivity contribution in [2.45, 2.75) is 46.6 Å². The van der Waals surface area contributed by atoms with Crippen molar-refractivity contribution in [3.8, 4) is 0 Å². The molecule has 0 aromatic heterocycles. The first kappa shape index (κ1) is 25.1. The van der Waals surface area contributed by atoms with Gasteiger partial charge in [-0.2, -0.15) is 0 Å². The van der Waals surface area contributed by atoms with Crippen LogP contribution in [0.3, 0.4) is 0 Å². The zero-order valence-electron chi connectivity index (χ0n) is 19.9. The molecule has 1 aliphatic heterocycles. The number of ether oxygens (including phenoxy) is 1. The van der Waals surface area contributed by atoms with E-state index in [9.17, 15) is 9.59 Å².